The Morgan fingerprint density at radius 2 is 1.53 bits per heavy atom. The van der Waals surface area contributed by atoms with Gasteiger partial charge in [0, 0.05) is 9.26 Å². The van der Waals surface area contributed by atoms with E-state index in [0.29, 0.717) is 22.4 Å². The van der Waals surface area contributed by atoms with Crippen molar-refractivity contribution in [2.45, 2.75) is 27.1 Å². The van der Waals surface area contributed by atoms with Crippen molar-refractivity contribution in [1.29, 1.82) is 0 Å². The van der Waals surface area contributed by atoms with Crippen molar-refractivity contribution in [1.82, 2.24) is 0 Å². The van der Waals surface area contributed by atoms with E-state index in [9.17, 15) is 12.9 Å². The minimum atomic E-state index is -4.82. The van der Waals surface area contributed by atoms with Crippen LogP contribution in [0.15, 0.2) is 0 Å². The average Bonchev–Trinajstić information content (AvgIpc) is 2.17. The summed E-state index contributed by atoms with van der Waals surface area (Å²) in [6.45, 7) is 0.390. The van der Waals surface area contributed by atoms with E-state index in [1.165, 1.54) is 0 Å². The number of rotatable bonds is 2. The third kappa shape index (κ3) is 4.38. The van der Waals surface area contributed by atoms with Gasteiger partial charge in [-0.1, -0.05) is 11.9 Å². The molecular formula is C10H13BF3IKN. The van der Waals surface area contributed by atoms with Crippen LogP contribution in [0.3, 0.4) is 0 Å². The minimum absolute atomic E-state index is 0. The fraction of sp³-hybridized carbons (Fsp3) is 0.400. The van der Waals surface area contributed by atoms with Crippen molar-refractivity contribution in [3.8, 4) is 0 Å². The van der Waals surface area contributed by atoms with Crippen LogP contribution < -0.4 is 57.1 Å². The predicted octanol–water partition coefficient (Wildman–Crippen LogP) is 0.732. The molecule has 0 fully saturated rings. The Hall–Kier alpha value is 1.24. The van der Waals surface area contributed by atoms with Crippen LogP contribution in [0.2, 0.25) is 0 Å². The first-order valence-electron chi connectivity index (χ1n) is 4.89. The molecule has 0 aromatic heterocycles. The second-order valence-electron chi connectivity index (χ2n) is 4.00. The molecule has 0 saturated carbocycles. The van der Waals surface area contributed by atoms with Gasteiger partial charge in [0.15, 0.2) is 0 Å². The zero-order valence-corrected chi connectivity index (χ0v) is 15.7. The first-order chi connectivity index (χ1) is 7.15. The van der Waals surface area contributed by atoms with Gasteiger partial charge in [-0.2, -0.15) is 0 Å². The zero-order chi connectivity index (χ0) is 12.7. The molecule has 17 heavy (non-hydrogen) atoms. The Bertz CT molecular complexity index is 406. The number of nitrogens with two attached hydrogens (primary N) is 1. The molecule has 7 heteroatoms. The number of benzene rings is 1. The standard InChI is InChI=1S/C10H13BF3IN.K/c1-5-8(4-11(12,13)14)6(2)10(16)7(3)9(5)15;/h4,16H2,1-3H3;/q-1;+1. The maximum Gasteiger partial charge on any atom is 1.00 e. The normalized spacial score (nSPS) is 11.2. The van der Waals surface area contributed by atoms with Crippen LogP contribution in [-0.2, 0) is 6.32 Å². The van der Waals surface area contributed by atoms with Gasteiger partial charge in [0.2, 0.25) is 0 Å². The van der Waals surface area contributed by atoms with Gasteiger partial charge in [-0.25, -0.2) is 0 Å². The number of halogens is 4. The fourth-order valence-corrected chi connectivity index (χ4v) is 2.41. The molecule has 90 valence electrons. The van der Waals surface area contributed by atoms with E-state index in [4.69, 9.17) is 5.73 Å². The van der Waals surface area contributed by atoms with Gasteiger partial charge in [-0.3, -0.25) is 0 Å². The Balaban J connectivity index is 0.00000256. The summed E-state index contributed by atoms with van der Waals surface area (Å²) in [5.41, 5.74) is 8.75. The van der Waals surface area contributed by atoms with Crippen LogP contribution in [0.5, 0.6) is 0 Å². The number of hydrogen-bond acceptors (Lipinski definition) is 1. The summed E-state index contributed by atoms with van der Waals surface area (Å²) in [6, 6.07) is 0. The van der Waals surface area contributed by atoms with Gasteiger partial charge in [0.25, 0.3) is 0 Å². The molecule has 0 radical (unpaired) electrons. The SMILES string of the molecule is Cc1c(N)c(C)c(C[B-](F)(F)F)c(C)c1I.[K+]. The number of hydrogen-bond donors (Lipinski definition) is 1. The van der Waals surface area contributed by atoms with Crippen LogP contribution in [-0.4, -0.2) is 6.98 Å². The largest absolute Gasteiger partial charge is 1.00 e. The molecule has 0 atom stereocenters. The topological polar surface area (TPSA) is 26.0 Å². The van der Waals surface area contributed by atoms with Gasteiger partial charge in [0.1, 0.15) is 0 Å². The third-order valence-corrected chi connectivity index (χ3v) is 4.43. The van der Waals surface area contributed by atoms with Crippen molar-refractivity contribution >= 4 is 35.3 Å². The van der Waals surface area contributed by atoms with E-state index >= 15 is 0 Å². The molecule has 1 aromatic carbocycles. The van der Waals surface area contributed by atoms with Crippen LogP contribution >= 0.6 is 22.6 Å². The summed E-state index contributed by atoms with van der Waals surface area (Å²) < 4.78 is 38.3. The summed E-state index contributed by atoms with van der Waals surface area (Å²) in [5.74, 6) is 0. The van der Waals surface area contributed by atoms with E-state index in [-0.39, 0.29) is 51.4 Å². The molecule has 0 aliphatic carbocycles. The summed E-state index contributed by atoms with van der Waals surface area (Å²) >= 11 is 2.05. The van der Waals surface area contributed by atoms with Gasteiger partial charge < -0.3 is 18.7 Å². The molecule has 0 bridgehead atoms. The molecule has 1 aromatic rings. The summed E-state index contributed by atoms with van der Waals surface area (Å²) in [7, 11) is 0. The second-order valence-corrected chi connectivity index (χ2v) is 5.07. The van der Waals surface area contributed by atoms with E-state index in [1.54, 1.807) is 13.8 Å². The molecule has 0 amide bonds. The molecule has 0 aliphatic rings. The van der Waals surface area contributed by atoms with E-state index in [1.807, 2.05) is 29.5 Å². The van der Waals surface area contributed by atoms with Gasteiger partial charge in [-0.15, -0.1) is 0 Å². The van der Waals surface area contributed by atoms with Crippen LogP contribution in [0.25, 0.3) is 0 Å². The van der Waals surface area contributed by atoms with E-state index in [2.05, 4.69) is 0 Å². The second kappa shape index (κ2) is 6.60. The summed E-state index contributed by atoms with van der Waals surface area (Å²) in [4.78, 5) is 0. The molecule has 0 aliphatic heterocycles. The predicted molar refractivity (Wildman–Crippen MR) is 70.6 cm³/mol. The Labute approximate surface area is 156 Å². The molecular weight excluding hydrogens is 368 g/mol. The fourth-order valence-electron chi connectivity index (χ4n) is 1.79. The van der Waals surface area contributed by atoms with Gasteiger partial charge >= 0.3 is 58.4 Å². The summed E-state index contributed by atoms with van der Waals surface area (Å²) in [5, 5.41) is 0. The van der Waals surface area contributed by atoms with E-state index in [0.717, 1.165) is 9.13 Å². The maximum absolute atomic E-state index is 12.5. The van der Waals surface area contributed by atoms with Crippen LogP contribution in [0, 0.1) is 24.3 Å². The smallest absolute Gasteiger partial charge is 0.449 e. The first kappa shape index (κ1) is 18.2. The molecule has 0 unspecified atom stereocenters. The summed E-state index contributed by atoms with van der Waals surface area (Å²) in [6.07, 6.45) is -0.849. The van der Waals surface area contributed by atoms with Crippen LogP contribution in [0.4, 0.5) is 18.6 Å². The monoisotopic (exact) mass is 381 g/mol. The maximum atomic E-state index is 12.5. The molecule has 1 rings (SSSR count). The average molecular weight is 381 g/mol. The Kier molecular flexibility index (Phi) is 7.09. The van der Waals surface area contributed by atoms with Crippen molar-refractivity contribution < 1.29 is 64.3 Å². The molecule has 1 nitrogen and oxygen atoms in total. The van der Waals surface area contributed by atoms with Crippen molar-refractivity contribution in [2.75, 3.05) is 5.73 Å². The molecule has 2 N–H and O–H groups in total. The molecule has 0 heterocycles. The van der Waals surface area contributed by atoms with E-state index < -0.39 is 13.3 Å². The number of nitrogen functional groups attached to an aromatic ring is 1. The zero-order valence-electron chi connectivity index (χ0n) is 10.4. The van der Waals surface area contributed by atoms with Crippen molar-refractivity contribution in [3.63, 3.8) is 0 Å². The Morgan fingerprint density at radius 1 is 1.06 bits per heavy atom. The third-order valence-electron chi connectivity index (χ3n) is 2.81. The van der Waals surface area contributed by atoms with Crippen LogP contribution in [0.1, 0.15) is 22.3 Å². The molecule has 0 saturated heterocycles. The molecule has 0 spiro atoms. The number of anilines is 1. The van der Waals surface area contributed by atoms with Crippen molar-refractivity contribution in [3.05, 3.63) is 25.8 Å². The quantitative estimate of drug-likeness (QED) is 0.457. The van der Waals surface area contributed by atoms with Gasteiger partial charge in [-0.05, 0) is 60.1 Å². The first-order valence-corrected chi connectivity index (χ1v) is 5.97. The van der Waals surface area contributed by atoms with Gasteiger partial charge in [0.05, 0.1) is 0 Å². The Morgan fingerprint density at radius 3 is 1.94 bits per heavy atom. The minimum Gasteiger partial charge on any atom is -0.449 e. The van der Waals surface area contributed by atoms with Crippen molar-refractivity contribution in [2.24, 2.45) is 0 Å².